The summed E-state index contributed by atoms with van der Waals surface area (Å²) in [4.78, 5) is 29.1. The van der Waals surface area contributed by atoms with Crippen molar-refractivity contribution in [2.75, 3.05) is 39.4 Å². The van der Waals surface area contributed by atoms with E-state index < -0.39 is 6.04 Å². The van der Waals surface area contributed by atoms with Gasteiger partial charge in [-0.15, -0.1) is 12.4 Å². The van der Waals surface area contributed by atoms with Gasteiger partial charge in [-0.1, -0.05) is 17.7 Å². The molecule has 0 radical (unpaired) electrons. The molecule has 3 rings (SSSR count). The molecule has 1 aromatic carbocycles. The first-order chi connectivity index (χ1) is 12.6. The highest BCUT2D eigenvalue weighted by Crippen LogP contribution is 2.20. The van der Waals surface area contributed by atoms with Gasteiger partial charge in [-0.05, 0) is 43.4 Å². The van der Waals surface area contributed by atoms with Crippen LogP contribution in [0.25, 0.3) is 0 Å². The van der Waals surface area contributed by atoms with Gasteiger partial charge < -0.3 is 20.3 Å². The van der Waals surface area contributed by atoms with Crippen LogP contribution in [0, 0.1) is 5.92 Å². The first-order valence-corrected chi connectivity index (χ1v) is 9.61. The van der Waals surface area contributed by atoms with Gasteiger partial charge >= 0.3 is 0 Å². The third kappa shape index (κ3) is 5.57. The van der Waals surface area contributed by atoms with Gasteiger partial charge in [0.1, 0.15) is 0 Å². The molecule has 1 aromatic rings. The maximum Gasteiger partial charge on any atom is 0.253 e. The fraction of sp³-hybridized carbons (Fsp3) is 0.579. The number of carbonyl (C=O) groups is 2. The molecule has 2 heterocycles. The summed E-state index contributed by atoms with van der Waals surface area (Å²) in [7, 11) is 0. The molecule has 0 aromatic heterocycles. The minimum atomic E-state index is -0.478. The lowest BCUT2D eigenvalue weighted by Gasteiger charge is -2.31. The smallest absolute Gasteiger partial charge is 0.253 e. The van der Waals surface area contributed by atoms with Crippen LogP contribution >= 0.6 is 24.0 Å². The highest BCUT2D eigenvalue weighted by Gasteiger charge is 2.31. The molecule has 150 valence electrons. The van der Waals surface area contributed by atoms with Crippen molar-refractivity contribution in [3.05, 3.63) is 34.9 Å². The summed E-state index contributed by atoms with van der Waals surface area (Å²) in [5.74, 6) is 0.133. The van der Waals surface area contributed by atoms with Crippen LogP contribution in [0.5, 0.6) is 0 Å². The number of benzene rings is 1. The number of hydrogen-bond donors (Lipinski definition) is 1. The van der Waals surface area contributed by atoms with Crippen molar-refractivity contribution in [3.63, 3.8) is 0 Å². The second-order valence-electron chi connectivity index (χ2n) is 6.96. The Bertz CT molecular complexity index is 653. The van der Waals surface area contributed by atoms with Crippen LogP contribution in [0.1, 0.15) is 29.6 Å². The molecule has 0 bridgehead atoms. The average molecular weight is 416 g/mol. The maximum atomic E-state index is 12.8. The van der Waals surface area contributed by atoms with Gasteiger partial charge in [0.25, 0.3) is 5.91 Å². The Hall–Kier alpha value is -1.34. The molecule has 0 spiro atoms. The molecule has 1 atom stereocenters. The molecule has 6 nitrogen and oxygen atoms in total. The van der Waals surface area contributed by atoms with Crippen molar-refractivity contribution < 1.29 is 14.3 Å². The third-order valence-electron chi connectivity index (χ3n) is 5.23. The number of halogens is 2. The number of carbonyl (C=O) groups excluding carboxylic acids is 2. The molecule has 0 aliphatic carbocycles. The summed E-state index contributed by atoms with van der Waals surface area (Å²) >= 11 is 5.99. The van der Waals surface area contributed by atoms with E-state index in [4.69, 9.17) is 22.1 Å². The van der Waals surface area contributed by atoms with Crippen LogP contribution < -0.4 is 5.73 Å². The molecule has 2 saturated heterocycles. The van der Waals surface area contributed by atoms with Crippen molar-refractivity contribution in [3.8, 4) is 0 Å². The lowest BCUT2D eigenvalue weighted by atomic mass is 9.91. The van der Waals surface area contributed by atoms with Crippen LogP contribution in [0.2, 0.25) is 5.02 Å². The minimum absolute atomic E-state index is 0. The van der Waals surface area contributed by atoms with Crippen molar-refractivity contribution in [1.82, 2.24) is 9.80 Å². The second-order valence-corrected chi connectivity index (χ2v) is 7.39. The zero-order chi connectivity index (χ0) is 18.5. The van der Waals surface area contributed by atoms with E-state index >= 15 is 0 Å². The Morgan fingerprint density at radius 1 is 1.11 bits per heavy atom. The van der Waals surface area contributed by atoms with E-state index in [1.54, 1.807) is 29.2 Å². The fourth-order valence-electron chi connectivity index (χ4n) is 3.63. The summed E-state index contributed by atoms with van der Waals surface area (Å²) in [5, 5.41) is 0.546. The molecule has 2 aliphatic rings. The largest absolute Gasteiger partial charge is 0.381 e. The van der Waals surface area contributed by atoms with Gasteiger partial charge in [0.05, 0.1) is 6.04 Å². The average Bonchev–Trinajstić information content (AvgIpc) is 2.93. The highest BCUT2D eigenvalue weighted by atomic mass is 35.5. The van der Waals surface area contributed by atoms with Gasteiger partial charge in [-0.3, -0.25) is 9.59 Å². The van der Waals surface area contributed by atoms with Crippen LogP contribution in [-0.2, 0) is 9.53 Å². The zero-order valence-electron chi connectivity index (χ0n) is 15.3. The predicted molar refractivity (Wildman–Crippen MR) is 107 cm³/mol. The summed E-state index contributed by atoms with van der Waals surface area (Å²) < 4.78 is 5.35. The Balaban J connectivity index is 0.00000261. The normalized spacial score (nSPS) is 19.8. The van der Waals surface area contributed by atoms with Gasteiger partial charge in [0, 0.05) is 50.0 Å². The van der Waals surface area contributed by atoms with E-state index in [0.29, 0.717) is 50.0 Å². The highest BCUT2D eigenvalue weighted by molar-refractivity contribution is 6.30. The van der Waals surface area contributed by atoms with E-state index in [0.717, 1.165) is 19.3 Å². The van der Waals surface area contributed by atoms with Crippen LogP contribution in [0.3, 0.4) is 0 Å². The molecule has 27 heavy (non-hydrogen) atoms. The van der Waals surface area contributed by atoms with Crippen molar-refractivity contribution in [1.29, 1.82) is 0 Å². The Morgan fingerprint density at radius 2 is 1.78 bits per heavy atom. The third-order valence-corrected chi connectivity index (χ3v) is 5.46. The number of hydrogen-bond acceptors (Lipinski definition) is 4. The molecule has 2 fully saturated rings. The number of nitrogens with two attached hydrogens (primary N) is 1. The van der Waals surface area contributed by atoms with E-state index in [1.807, 2.05) is 4.90 Å². The van der Waals surface area contributed by atoms with Crippen LogP contribution in [-0.4, -0.2) is 67.0 Å². The lowest BCUT2D eigenvalue weighted by molar-refractivity contribution is -0.134. The van der Waals surface area contributed by atoms with Gasteiger partial charge in [0.15, 0.2) is 0 Å². The van der Waals surface area contributed by atoms with E-state index in [2.05, 4.69) is 0 Å². The molecule has 0 saturated carbocycles. The number of rotatable bonds is 3. The van der Waals surface area contributed by atoms with Crippen LogP contribution in [0.4, 0.5) is 0 Å². The number of nitrogens with zero attached hydrogens (tertiary/aromatic N) is 2. The van der Waals surface area contributed by atoms with E-state index in [1.165, 1.54) is 0 Å². The first kappa shape index (κ1) is 22.0. The topological polar surface area (TPSA) is 75.9 Å². The maximum absolute atomic E-state index is 12.8. The molecular weight excluding hydrogens is 389 g/mol. The summed E-state index contributed by atoms with van der Waals surface area (Å²) in [6, 6.07) is 6.49. The SMILES string of the molecule is Cl.NC(C(=O)N1CCCN(C(=O)c2cccc(Cl)c2)CC1)C1CCOCC1. The van der Waals surface area contributed by atoms with Crippen molar-refractivity contribution in [2.24, 2.45) is 11.7 Å². The van der Waals surface area contributed by atoms with E-state index in [-0.39, 0.29) is 30.1 Å². The van der Waals surface area contributed by atoms with Gasteiger partial charge in [-0.2, -0.15) is 0 Å². The Morgan fingerprint density at radius 3 is 2.48 bits per heavy atom. The molecule has 2 amide bonds. The van der Waals surface area contributed by atoms with Crippen molar-refractivity contribution >= 4 is 35.8 Å². The summed E-state index contributed by atoms with van der Waals surface area (Å²) in [6.45, 7) is 3.64. The first-order valence-electron chi connectivity index (χ1n) is 9.23. The zero-order valence-corrected chi connectivity index (χ0v) is 16.9. The Kier molecular flexibility index (Phi) is 8.35. The molecule has 8 heteroatoms. The quantitative estimate of drug-likeness (QED) is 0.820. The standard InChI is InChI=1S/C19H26ClN3O3.ClH/c20-16-4-1-3-15(13-16)18(24)22-7-2-8-23(10-9-22)19(25)17(21)14-5-11-26-12-6-14;/h1,3-4,13-14,17H,2,5-12,21H2;1H. The molecule has 2 N–H and O–H groups in total. The lowest BCUT2D eigenvalue weighted by Crippen LogP contribution is -2.50. The molecule has 2 aliphatic heterocycles. The van der Waals surface area contributed by atoms with Gasteiger partial charge in [-0.25, -0.2) is 0 Å². The summed E-state index contributed by atoms with van der Waals surface area (Å²) in [6.07, 6.45) is 2.42. The predicted octanol–water partition coefficient (Wildman–Crippen LogP) is 2.19. The monoisotopic (exact) mass is 415 g/mol. The van der Waals surface area contributed by atoms with Gasteiger partial charge in [0.2, 0.25) is 5.91 Å². The molecule has 1 unspecified atom stereocenters. The number of amides is 2. The molecular formula is C19H27Cl2N3O3. The van der Waals surface area contributed by atoms with Crippen LogP contribution in [0.15, 0.2) is 24.3 Å². The summed E-state index contributed by atoms with van der Waals surface area (Å²) in [5.41, 5.74) is 6.81. The van der Waals surface area contributed by atoms with Crippen molar-refractivity contribution in [2.45, 2.75) is 25.3 Å². The number of ether oxygens (including phenoxy) is 1. The fourth-order valence-corrected chi connectivity index (χ4v) is 3.82. The Labute approximate surface area is 171 Å². The second kappa shape index (κ2) is 10.3. The van der Waals surface area contributed by atoms with E-state index in [9.17, 15) is 9.59 Å². The minimum Gasteiger partial charge on any atom is -0.381 e.